The van der Waals surface area contributed by atoms with E-state index in [1.165, 1.54) is 11.1 Å². The molecule has 0 unspecified atom stereocenters. The van der Waals surface area contributed by atoms with Crippen molar-refractivity contribution in [3.05, 3.63) is 84.1 Å². The third-order valence-electron chi connectivity index (χ3n) is 5.44. The van der Waals surface area contributed by atoms with Crippen LogP contribution in [0.3, 0.4) is 0 Å². The van der Waals surface area contributed by atoms with E-state index in [9.17, 15) is 0 Å². The fraction of sp³-hybridized carbons (Fsp3) is 0.120. The average molecular weight is 409 g/mol. The van der Waals surface area contributed by atoms with Crippen LogP contribution in [0.2, 0.25) is 0 Å². The van der Waals surface area contributed by atoms with Crippen molar-refractivity contribution < 1.29 is 4.74 Å². The average Bonchev–Trinajstić information content (AvgIpc) is 2.81. The third kappa shape index (κ3) is 4.00. The third-order valence-corrected chi connectivity index (χ3v) is 5.44. The Morgan fingerprint density at radius 3 is 2.16 bits per heavy atom. The molecule has 0 atom stereocenters. The molecule has 0 radical (unpaired) electrons. The highest BCUT2D eigenvalue weighted by Crippen LogP contribution is 2.34. The molecule has 5 rings (SSSR count). The van der Waals surface area contributed by atoms with Crippen molar-refractivity contribution in [1.29, 1.82) is 0 Å². The molecule has 31 heavy (non-hydrogen) atoms. The van der Waals surface area contributed by atoms with Crippen molar-refractivity contribution in [3.8, 4) is 17.0 Å². The lowest BCUT2D eigenvalue weighted by molar-refractivity contribution is 0.414. The van der Waals surface area contributed by atoms with Crippen LogP contribution in [0.1, 0.15) is 11.1 Å². The van der Waals surface area contributed by atoms with E-state index in [1.54, 1.807) is 7.11 Å². The quantitative estimate of drug-likeness (QED) is 0.387. The SMILES string of the molecule is COc1ccc2c(c1)CCc1cnc(Nc3ccc(Nc4ccc(N)cc4)cc3)nc1-2. The molecule has 6 heteroatoms. The minimum atomic E-state index is 0.585. The van der Waals surface area contributed by atoms with Crippen LogP contribution in [0, 0.1) is 0 Å². The first-order valence-electron chi connectivity index (χ1n) is 10.2. The van der Waals surface area contributed by atoms with E-state index in [-0.39, 0.29) is 0 Å². The smallest absolute Gasteiger partial charge is 0.227 e. The molecule has 6 nitrogen and oxygen atoms in total. The zero-order valence-corrected chi connectivity index (χ0v) is 17.2. The standard InChI is InChI=1S/C25H23N5O/c1-31-22-12-13-23-16(14-22)2-3-17-15-27-25(30-24(17)23)29-21-10-8-20(9-11-21)28-19-6-4-18(26)5-7-19/h4-15,28H,2-3,26H2,1H3,(H,27,29,30). The summed E-state index contributed by atoms with van der Waals surface area (Å²) in [4.78, 5) is 9.33. The fourth-order valence-corrected chi connectivity index (χ4v) is 3.79. The van der Waals surface area contributed by atoms with Crippen LogP contribution in [0.5, 0.6) is 5.75 Å². The van der Waals surface area contributed by atoms with Crippen LogP contribution in [0.4, 0.5) is 28.7 Å². The highest BCUT2D eigenvalue weighted by Gasteiger charge is 2.19. The van der Waals surface area contributed by atoms with Crippen molar-refractivity contribution in [1.82, 2.24) is 9.97 Å². The molecule has 0 saturated carbocycles. The molecule has 4 N–H and O–H groups in total. The molecule has 0 amide bonds. The number of nitrogens with two attached hydrogens (primary N) is 1. The molecule has 3 aromatic carbocycles. The Balaban J connectivity index is 1.34. The summed E-state index contributed by atoms with van der Waals surface area (Å²) >= 11 is 0. The van der Waals surface area contributed by atoms with E-state index in [0.29, 0.717) is 5.95 Å². The van der Waals surface area contributed by atoms with Crippen molar-refractivity contribution in [3.63, 3.8) is 0 Å². The van der Waals surface area contributed by atoms with Gasteiger partial charge in [-0.25, -0.2) is 9.97 Å². The molecule has 0 spiro atoms. The maximum absolute atomic E-state index is 5.74. The predicted molar refractivity (Wildman–Crippen MR) is 125 cm³/mol. The second-order valence-corrected chi connectivity index (χ2v) is 7.54. The van der Waals surface area contributed by atoms with Gasteiger partial charge in [0.2, 0.25) is 5.95 Å². The number of rotatable bonds is 5. The second-order valence-electron chi connectivity index (χ2n) is 7.54. The number of aromatic nitrogens is 2. The van der Waals surface area contributed by atoms with Crippen molar-refractivity contribution in [2.75, 3.05) is 23.5 Å². The second kappa shape index (κ2) is 7.99. The van der Waals surface area contributed by atoms with Gasteiger partial charge in [-0.3, -0.25) is 0 Å². The van der Waals surface area contributed by atoms with Gasteiger partial charge in [-0.2, -0.15) is 0 Å². The number of anilines is 5. The Hall–Kier alpha value is -4.06. The van der Waals surface area contributed by atoms with Gasteiger partial charge in [0, 0.05) is 34.5 Å². The maximum Gasteiger partial charge on any atom is 0.227 e. The van der Waals surface area contributed by atoms with Gasteiger partial charge in [-0.1, -0.05) is 0 Å². The van der Waals surface area contributed by atoms with Crippen LogP contribution in [0.25, 0.3) is 11.3 Å². The van der Waals surface area contributed by atoms with Gasteiger partial charge in [-0.15, -0.1) is 0 Å². The molecule has 1 heterocycles. The molecule has 154 valence electrons. The summed E-state index contributed by atoms with van der Waals surface area (Å²) in [7, 11) is 1.69. The summed E-state index contributed by atoms with van der Waals surface area (Å²) in [5.74, 6) is 1.46. The Morgan fingerprint density at radius 1 is 0.806 bits per heavy atom. The van der Waals surface area contributed by atoms with Crippen molar-refractivity contribution >= 4 is 28.7 Å². The Labute approximate surface area is 181 Å². The molecular formula is C25H23N5O. The van der Waals surface area contributed by atoms with Crippen LogP contribution in [-0.4, -0.2) is 17.1 Å². The van der Waals surface area contributed by atoms with E-state index in [0.717, 1.165) is 52.6 Å². The molecule has 1 aliphatic rings. The highest BCUT2D eigenvalue weighted by molar-refractivity contribution is 5.72. The Kier molecular flexibility index (Phi) is 4.88. The lowest BCUT2D eigenvalue weighted by Crippen LogP contribution is -2.09. The van der Waals surface area contributed by atoms with Gasteiger partial charge < -0.3 is 21.1 Å². The summed E-state index contributed by atoms with van der Waals surface area (Å²) in [6.07, 6.45) is 3.83. The lowest BCUT2D eigenvalue weighted by Gasteiger charge is -2.20. The van der Waals surface area contributed by atoms with Crippen LogP contribution >= 0.6 is 0 Å². The van der Waals surface area contributed by atoms with E-state index < -0.39 is 0 Å². The number of fused-ring (bicyclic) bond motifs is 3. The van der Waals surface area contributed by atoms with Crippen molar-refractivity contribution in [2.45, 2.75) is 12.8 Å². The zero-order valence-electron chi connectivity index (χ0n) is 17.2. The topological polar surface area (TPSA) is 85.1 Å². The number of nitrogen functional groups attached to an aromatic ring is 1. The normalized spacial score (nSPS) is 11.9. The summed E-state index contributed by atoms with van der Waals surface area (Å²) in [5.41, 5.74) is 14.0. The zero-order chi connectivity index (χ0) is 21.2. The van der Waals surface area contributed by atoms with Gasteiger partial charge in [0.1, 0.15) is 5.75 Å². The van der Waals surface area contributed by atoms with E-state index in [2.05, 4.69) is 27.8 Å². The Bertz CT molecular complexity index is 1220. The maximum atomic E-state index is 5.74. The molecule has 1 aliphatic carbocycles. The summed E-state index contributed by atoms with van der Waals surface area (Å²) < 4.78 is 5.37. The van der Waals surface area contributed by atoms with Gasteiger partial charge >= 0.3 is 0 Å². The number of nitrogens with one attached hydrogen (secondary N) is 2. The monoisotopic (exact) mass is 409 g/mol. The fourth-order valence-electron chi connectivity index (χ4n) is 3.79. The number of hydrogen-bond donors (Lipinski definition) is 3. The molecule has 1 aromatic heterocycles. The highest BCUT2D eigenvalue weighted by atomic mass is 16.5. The molecule has 0 aliphatic heterocycles. The van der Waals surface area contributed by atoms with Crippen LogP contribution in [-0.2, 0) is 12.8 Å². The molecule has 0 fully saturated rings. The van der Waals surface area contributed by atoms with Gasteiger partial charge in [0.15, 0.2) is 0 Å². The number of benzene rings is 3. The van der Waals surface area contributed by atoms with Gasteiger partial charge in [0.25, 0.3) is 0 Å². The number of hydrogen-bond acceptors (Lipinski definition) is 6. The predicted octanol–water partition coefficient (Wildman–Crippen LogP) is 5.32. The molecular weight excluding hydrogens is 386 g/mol. The largest absolute Gasteiger partial charge is 0.497 e. The summed E-state index contributed by atoms with van der Waals surface area (Å²) in [6, 6.07) is 21.8. The number of nitrogens with zero attached hydrogens (tertiary/aromatic N) is 2. The molecule has 4 aromatic rings. The minimum Gasteiger partial charge on any atom is -0.497 e. The Morgan fingerprint density at radius 2 is 1.45 bits per heavy atom. The molecule has 0 bridgehead atoms. The first kappa shape index (κ1) is 18.9. The van der Waals surface area contributed by atoms with E-state index >= 15 is 0 Å². The number of ether oxygens (including phenoxy) is 1. The minimum absolute atomic E-state index is 0.585. The van der Waals surface area contributed by atoms with E-state index in [4.69, 9.17) is 15.5 Å². The summed E-state index contributed by atoms with van der Waals surface area (Å²) in [5, 5.41) is 6.67. The van der Waals surface area contributed by atoms with Crippen LogP contribution in [0.15, 0.2) is 72.9 Å². The van der Waals surface area contributed by atoms with Gasteiger partial charge in [0.05, 0.1) is 12.8 Å². The van der Waals surface area contributed by atoms with E-state index in [1.807, 2.05) is 60.8 Å². The first-order chi connectivity index (χ1) is 15.2. The first-order valence-corrected chi connectivity index (χ1v) is 10.2. The lowest BCUT2D eigenvalue weighted by atomic mass is 9.90. The summed E-state index contributed by atoms with van der Waals surface area (Å²) in [6.45, 7) is 0. The number of aryl methyl sites for hydroxylation is 2. The van der Waals surface area contributed by atoms with Gasteiger partial charge in [-0.05, 0) is 90.7 Å². The number of methoxy groups -OCH3 is 1. The molecule has 0 saturated heterocycles. The van der Waals surface area contributed by atoms with Crippen molar-refractivity contribution in [2.24, 2.45) is 0 Å². The van der Waals surface area contributed by atoms with Crippen LogP contribution < -0.4 is 21.1 Å².